The van der Waals surface area contributed by atoms with Crippen LogP contribution in [0.3, 0.4) is 0 Å². The van der Waals surface area contributed by atoms with Crippen LogP contribution in [0, 0.1) is 0 Å². The molecule has 2 amide bonds. The third-order valence-corrected chi connectivity index (χ3v) is 7.91. The molecule has 1 unspecified atom stereocenters. The number of rotatable bonds is 9. The molecule has 1 atom stereocenters. The summed E-state index contributed by atoms with van der Waals surface area (Å²) in [4.78, 5) is 39.4. The molecule has 2 N–H and O–H groups in total. The number of nitrogens with zero attached hydrogens (tertiary/aromatic N) is 5. The minimum absolute atomic E-state index is 0.0684. The Hall–Kier alpha value is -3.57. The number of ether oxygens (including phenoxy) is 2. The molecule has 0 bridgehead atoms. The number of likely N-dealkylation sites (tertiary alicyclic amines) is 1. The molecule has 12 heteroatoms. The fourth-order valence-electron chi connectivity index (χ4n) is 5.28. The highest BCUT2D eigenvalue weighted by molar-refractivity contribution is 6.31. The van der Waals surface area contributed by atoms with Gasteiger partial charge in [-0.3, -0.25) is 9.59 Å². The average molecular weight is 586 g/mol. The van der Waals surface area contributed by atoms with Gasteiger partial charge in [0.15, 0.2) is 0 Å². The van der Waals surface area contributed by atoms with Gasteiger partial charge in [-0.25, -0.2) is 4.98 Å². The Kier molecular flexibility index (Phi) is 10.3. The quantitative estimate of drug-likeness (QED) is 0.416. The molecule has 2 saturated heterocycles. The zero-order chi connectivity index (χ0) is 29.5. The third-order valence-electron chi connectivity index (χ3n) is 7.65. The van der Waals surface area contributed by atoms with Crippen LogP contribution in [-0.2, 0) is 9.59 Å². The van der Waals surface area contributed by atoms with Crippen molar-refractivity contribution < 1.29 is 19.1 Å². The lowest BCUT2D eigenvalue weighted by molar-refractivity contribution is -0.128. The lowest BCUT2D eigenvalue weighted by atomic mass is 10.0. The maximum atomic E-state index is 12.4. The second kappa shape index (κ2) is 13.9. The predicted molar refractivity (Wildman–Crippen MR) is 162 cm³/mol. The number of methoxy groups -OCH3 is 1. The number of hydrogen-bond donors (Lipinski definition) is 2. The van der Waals surface area contributed by atoms with E-state index >= 15 is 0 Å². The molecule has 0 spiro atoms. The largest absolute Gasteiger partial charge is 0.494 e. The molecule has 2 aliphatic heterocycles. The fourth-order valence-corrected chi connectivity index (χ4v) is 5.41. The molecule has 4 rings (SSSR count). The van der Waals surface area contributed by atoms with Crippen LogP contribution < -0.4 is 25.0 Å². The summed E-state index contributed by atoms with van der Waals surface area (Å²) in [5.41, 5.74) is 2.06. The smallest absolute Gasteiger partial charge is 0.247 e. The number of anilines is 4. The van der Waals surface area contributed by atoms with Crippen molar-refractivity contribution in [3.05, 3.63) is 36.0 Å². The SMILES string of the molecule is C=CC(=O)Nc1cc(Nc2ncc(Cl)c(OC3CCCN(C(C)=O)CC3)n2)c(OC)cc1N1CCC(N(C)C)CC1. The van der Waals surface area contributed by atoms with Gasteiger partial charge in [0.05, 0.1) is 30.4 Å². The number of piperidine rings is 1. The maximum absolute atomic E-state index is 12.4. The third kappa shape index (κ3) is 7.80. The van der Waals surface area contributed by atoms with E-state index in [1.54, 1.807) is 14.0 Å². The lowest BCUT2D eigenvalue weighted by Gasteiger charge is -2.37. The molecule has 2 aliphatic rings. The van der Waals surface area contributed by atoms with Gasteiger partial charge in [-0.2, -0.15) is 4.98 Å². The van der Waals surface area contributed by atoms with Crippen molar-refractivity contribution in [2.45, 2.75) is 51.2 Å². The summed E-state index contributed by atoms with van der Waals surface area (Å²) in [6, 6.07) is 4.24. The van der Waals surface area contributed by atoms with Crippen LogP contribution in [0.5, 0.6) is 11.6 Å². The first-order valence-corrected chi connectivity index (χ1v) is 14.3. The van der Waals surface area contributed by atoms with Crippen LogP contribution in [0.1, 0.15) is 39.0 Å². The van der Waals surface area contributed by atoms with Crippen molar-refractivity contribution in [2.24, 2.45) is 0 Å². The second-order valence-electron chi connectivity index (χ2n) is 10.6. The van der Waals surface area contributed by atoms with Crippen molar-refractivity contribution in [3.63, 3.8) is 0 Å². The topological polar surface area (TPSA) is 112 Å². The van der Waals surface area contributed by atoms with Crippen molar-refractivity contribution in [1.82, 2.24) is 19.8 Å². The van der Waals surface area contributed by atoms with Gasteiger partial charge >= 0.3 is 0 Å². The number of halogens is 1. The minimum atomic E-state index is -0.310. The number of benzene rings is 1. The monoisotopic (exact) mass is 585 g/mol. The molecule has 2 fully saturated rings. The van der Waals surface area contributed by atoms with Gasteiger partial charge in [-0.1, -0.05) is 18.2 Å². The van der Waals surface area contributed by atoms with Crippen molar-refractivity contribution in [1.29, 1.82) is 0 Å². The van der Waals surface area contributed by atoms with Gasteiger partial charge in [0.1, 0.15) is 16.9 Å². The standard InChI is InChI=1S/C29H40ClN7O4/c1-6-27(39)32-23-16-24(26(40-5)17-25(23)37-13-9-20(10-14-37)35(3)4)33-29-31-18-22(30)28(34-29)41-21-8-7-12-36(15-11-21)19(2)38/h6,16-18,20-21H,1,7-15H2,2-5H3,(H,32,39)(H,31,33,34). The molecule has 222 valence electrons. The van der Waals surface area contributed by atoms with Gasteiger partial charge in [-0.05, 0) is 51.9 Å². The normalized spacial score (nSPS) is 18.0. The van der Waals surface area contributed by atoms with E-state index in [1.807, 2.05) is 17.0 Å². The van der Waals surface area contributed by atoms with E-state index < -0.39 is 0 Å². The van der Waals surface area contributed by atoms with E-state index in [2.05, 4.69) is 51.1 Å². The average Bonchev–Trinajstić information content (AvgIpc) is 3.21. The van der Waals surface area contributed by atoms with Gasteiger partial charge in [-0.15, -0.1) is 0 Å². The van der Waals surface area contributed by atoms with Crippen LogP contribution in [0.2, 0.25) is 5.02 Å². The first-order valence-electron chi connectivity index (χ1n) is 14.0. The van der Waals surface area contributed by atoms with Gasteiger partial charge in [0.2, 0.25) is 23.6 Å². The fraction of sp³-hybridized carbons (Fsp3) is 0.517. The highest BCUT2D eigenvalue weighted by atomic mass is 35.5. The Balaban J connectivity index is 1.56. The van der Waals surface area contributed by atoms with Crippen molar-refractivity contribution in [2.75, 3.05) is 62.9 Å². The van der Waals surface area contributed by atoms with E-state index in [-0.39, 0.29) is 29.7 Å². The molecule has 1 aromatic heterocycles. The lowest BCUT2D eigenvalue weighted by Crippen LogP contribution is -2.42. The predicted octanol–water partition coefficient (Wildman–Crippen LogP) is 4.32. The number of nitrogens with one attached hydrogen (secondary N) is 2. The molecule has 11 nitrogen and oxygen atoms in total. The number of hydrogen-bond acceptors (Lipinski definition) is 9. The van der Waals surface area contributed by atoms with Crippen LogP contribution in [0.15, 0.2) is 31.0 Å². The van der Waals surface area contributed by atoms with Crippen LogP contribution in [-0.4, -0.2) is 91.1 Å². The first kappa shape index (κ1) is 30.4. The molecule has 1 aromatic carbocycles. The summed E-state index contributed by atoms with van der Waals surface area (Å²) in [6.07, 6.45) is 6.96. The first-order chi connectivity index (χ1) is 19.7. The van der Waals surface area contributed by atoms with Crippen LogP contribution in [0.25, 0.3) is 0 Å². The molecule has 3 heterocycles. The van der Waals surface area contributed by atoms with E-state index in [0.29, 0.717) is 47.7 Å². The molecular formula is C29H40ClN7O4. The summed E-state index contributed by atoms with van der Waals surface area (Å²) in [5, 5.41) is 6.44. The minimum Gasteiger partial charge on any atom is -0.494 e. The Bertz CT molecular complexity index is 1250. The number of aromatic nitrogens is 2. The van der Waals surface area contributed by atoms with E-state index in [9.17, 15) is 9.59 Å². The van der Waals surface area contributed by atoms with Crippen molar-refractivity contribution in [3.8, 4) is 11.6 Å². The second-order valence-corrected chi connectivity index (χ2v) is 11.0. The Morgan fingerprint density at radius 2 is 1.88 bits per heavy atom. The summed E-state index contributed by atoms with van der Waals surface area (Å²) in [7, 11) is 5.80. The van der Waals surface area contributed by atoms with Gasteiger partial charge in [0.25, 0.3) is 0 Å². The zero-order valence-electron chi connectivity index (χ0n) is 24.3. The number of carbonyl (C=O) groups excluding carboxylic acids is 2. The molecule has 2 aromatic rings. The molecule has 41 heavy (non-hydrogen) atoms. The Morgan fingerprint density at radius 3 is 2.54 bits per heavy atom. The summed E-state index contributed by atoms with van der Waals surface area (Å²) >= 11 is 6.40. The summed E-state index contributed by atoms with van der Waals surface area (Å²) in [5.74, 6) is 0.863. The highest BCUT2D eigenvalue weighted by Gasteiger charge is 2.25. The highest BCUT2D eigenvalue weighted by Crippen LogP contribution is 2.39. The molecule has 0 radical (unpaired) electrons. The molecular weight excluding hydrogens is 546 g/mol. The number of carbonyl (C=O) groups is 2. The summed E-state index contributed by atoms with van der Waals surface area (Å²) in [6.45, 7) is 8.23. The van der Waals surface area contributed by atoms with Gasteiger partial charge in [0, 0.05) is 51.6 Å². The molecule has 0 saturated carbocycles. The van der Waals surface area contributed by atoms with Crippen LogP contribution >= 0.6 is 11.6 Å². The van der Waals surface area contributed by atoms with E-state index in [4.69, 9.17) is 21.1 Å². The van der Waals surface area contributed by atoms with Crippen molar-refractivity contribution >= 4 is 46.4 Å². The Labute approximate surface area is 246 Å². The Morgan fingerprint density at radius 1 is 1.12 bits per heavy atom. The summed E-state index contributed by atoms with van der Waals surface area (Å²) < 4.78 is 11.9. The zero-order valence-corrected chi connectivity index (χ0v) is 25.0. The van der Waals surface area contributed by atoms with E-state index in [0.717, 1.165) is 44.5 Å². The number of amides is 2. The molecule has 0 aliphatic carbocycles. The van der Waals surface area contributed by atoms with E-state index in [1.165, 1.54) is 12.3 Å². The van der Waals surface area contributed by atoms with Gasteiger partial charge < -0.3 is 34.8 Å². The van der Waals surface area contributed by atoms with Crippen LogP contribution in [0.4, 0.5) is 23.0 Å². The maximum Gasteiger partial charge on any atom is 0.247 e.